The first kappa shape index (κ1) is 13.1. The van der Waals surface area contributed by atoms with Crippen LogP contribution in [0.2, 0.25) is 0 Å². The molecule has 2 heterocycles. The van der Waals surface area contributed by atoms with Gasteiger partial charge in [0, 0.05) is 44.6 Å². The average Bonchev–Trinajstić information content (AvgIpc) is 2.86. The number of benzene rings is 1. The Hall–Kier alpha value is -1.95. The van der Waals surface area contributed by atoms with E-state index in [2.05, 4.69) is 30.3 Å². The van der Waals surface area contributed by atoms with Gasteiger partial charge in [0.05, 0.1) is 0 Å². The van der Waals surface area contributed by atoms with Crippen molar-refractivity contribution in [2.45, 2.75) is 18.8 Å². The number of nitrogens with zero attached hydrogens (tertiary/aromatic N) is 2. The fraction of sp³-hybridized carbons (Fsp3) is 0.471. The van der Waals surface area contributed by atoms with Crippen LogP contribution in [0.15, 0.2) is 30.3 Å². The maximum Gasteiger partial charge on any atom is 0.222 e. The molecule has 0 aromatic heterocycles. The lowest BCUT2D eigenvalue weighted by molar-refractivity contribution is -0.136. The monoisotopic (exact) mass is 268 g/mol. The predicted molar refractivity (Wildman–Crippen MR) is 78.9 cm³/mol. The molecule has 0 saturated carbocycles. The second-order valence-electron chi connectivity index (χ2n) is 5.84. The molecular formula is C17H20N2O. The van der Waals surface area contributed by atoms with E-state index < -0.39 is 0 Å². The quantitative estimate of drug-likeness (QED) is 0.782. The van der Waals surface area contributed by atoms with Crippen molar-refractivity contribution in [2.24, 2.45) is 5.92 Å². The molecule has 3 nitrogen and oxygen atoms in total. The minimum atomic E-state index is 0.293. The molecule has 0 N–H and O–H groups in total. The first-order valence-electron chi connectivity index (χ1n) is 7.30. The minimum Gasteiger partial charge on any atom is -0.341 e. The van der Waals surface area contributed by atoms with Crippen molar-refractivity contribution in [1.82, 2.24) is 9.80 Å². The summed E-state index contributed by atoms with van der Waals surface area (Å²) in [7, 11) is 0. The standard InChI is InChI=1S/C17H20N2O/c1-2-18-9-8-14(11-18)10-17(20)19-12-16(13-19)15-6-4-3-5-7-15/h1,3-7,14,16H,8-13H2/t14-/m0/s1. The number of hydrogen-bond donors (Lipinski definition) is 0. The highest BCUT2D eigenvalue weighted by Gasteiger charge is 2.33. The molecule has 1 aromatic carbocycles. The summed E-state index contributed by atoms with van der Waals surface area (Å²) in [5.41, 5.74) is 1.34. The van der Waals surface area contributed by atoms with Gasteiger partial charge >= 0.3 is 0 Å². The van der Waals surface area contributed by atoms with Crippen molar-refractivity contribution >= 4 is 5.91 Å². The van der Waals surface area contributed by atoms with Crippen molar-refractivity contribution in [3.05, 3.63) is 35.9 Å². The zero-order valence-electron chi connectivity index (χ0n) is 11.7. The summed E-state index contributed by atoms with van der Waals surface area (Å²) in [6.45, 7) is 3.54. The summed E-state index contributed by atoms with van der Waals surface area (Å²) in [6, 6.07) is 13.1. The third kappa shape index (κ3) is 2.65. The number of carbonyl (C=O) groups excluding carboxylic acids is 1. The van der Waals surface area contributed by atoms with Crippen LogP contribution in [0.4, 0.5) is 0 Å². The van der Waals surface area contributed by atoms with Gasteiger partial charge in [-0.2, -0.15) is 0 Å². The van der Waals surface area contributed by atoms with Gasteiger partial charge < -0.3 is 9.80 Å². The molecule has 2 fully saturated rings. The Morgan fingerprint density at radius 1 is 1.25 bits per heavy atom. The summed E-state index contributed by atoms with van der Waals surface area (Å²) < 4.78 is 0. The summed E-state index contributed by atoms with van der Waals surface area (Å²) in [5, 5.41) is 0. The van der Waals surface area contributed by atoms with E-state index in [0.29, 0.717) is 24.2 Å². The van der Waals surface area contributed by atoms with Crippen LogP contribution in [0.25, 0.3) is 0 Å². The van der Waals surface area contributed by atoms with Crippen LogP contribution in [0.3, 0.4) is 0 Å². The maximum atomic E-state index is 12.2. The van der Waals surface area contributed by atoms with Crippen LogP contribution < -0.4 is 0 Å². The number of amides is 1. The topological polar surface area (TPSA) is 23.6 Å². The Balaban J connectivity index is 1.46. The van der Waals surface area contributed by atoms with Crippen LogP contribution in [0.5, 0.6) is 0 Å². The number of carbonyl (C=O) groups is 1. The third-order valence-electron chi connectivity index (χ3n) is 4.44. The molecule has 0 aliphatic carbocycles. The highest BCUT2D eigenvalue weighted by molar-refractivity contribution is 5.77. The van der Waals surface area contributed by atoms with E-state index in [-0.39, 0.29) is 0 Å². The van der Waals surface area contributed by atoms with Crippen LogP contribution in [-0.4, -0.2) is 41.9 Å². The van der Waals surface area contributed by atoms with Crippen molar-refractivity contribution in [3.63, 3.8) is 0 Å². The Kier molecular flexibility index (Phi) is 3.64. The largest absolute Gasteiger partial charge is 0.341 e. The number of terminal acetylenes is 1. The third-order valence-corrected chi connectivity index (χ3v) is 4.44. The lowest BCUT2D eigenvalue weighted by Gasteiger charge is -2.40. The average molecular weight is 268 g/mol. The summed E-state index contributed by atoms with van der Waals surface area (Å²) >= 11 is 0. The normalized spacial score (nSPS) is 22.4. The first-order valence-corrected chi connectivity index (χ1v) is 7.30. The molecule has 0 unspecified atom stereocenters. The van der Waals surface area contributed by atoms with Crippen molar-refractivity contribution in [2.75, 3.05) is 26.2 Å². The minimum absolute atomic E-state index is 0.293. The van der Waals surface area contributed by atoms with Gasteiger partial charge in [-0.25, -0.2) is 0 Å². The number of rotatable bonds is 3. The van der Waals surface area contributed by atoms with E-state index in [9.17, 15) is 4.79 Å². The molecule has 0 spiro atoms. The van der Waals surface area contributed by atoms with E-state index in [1.807, 2.05) is 15.9 Å². The van der Waals surface area contributed by atoms with Crippen LogP contribution in [0.1, 0.15) is 24.3 Å². The molecule has 2 saturated heterocycles. The Morgan fingerprint density at radius 3 is 2.65 bits per heavy atom. The number of hydrogen-bond acceptors (Lipinski definition) is 2. The second-order valence-corrected chi connectivity index (χ2v) is 5.84. The predicted octanol–water partition coefficient (Wildman–Crippen LogP) is 1.92. The lowest BCUT2D eigenvalue weighted by atomic mass is 9.90. The molecule has 2 aliphatic heterocycles. The molecular weight excluding hydrogens is 248 g/mol. The molecule has 0 radical (unpaired) electrons. The van der Waals surface area contributed by atoms with Gasteiger partial charge in [-0.15, -0.1) is 0 Å². The van der Waals surface area contributed by atoms with Crippen molar-refractivity contribution in [1.29, 1.82) is 0 Å². The van der Waals surface area contributed by atoms with Crippen LogP contribution in [-0.2, 0) is 4.79 Å². The fourth-order valence-electron chi connectivity index (χ4n) is 3.11. The molecule has 3 rings (SSSR count). The molecule has 2 aliphatic rings. The highest BCUT2D eigenvalue weighted by atomic mass is 16.2. The van der Waals surface area contributed by atoms with E-state index in [1.165, 1.54) is 5.56 Å². The lowest BCUT2D eigenvalue weighted by Crippen LogP contribution is -2.48. The number of likely N-dealkylation sites (tertiary alicyclic amines) is 2. The Labute approximate surface area is 120 Å². The molecule has 1 atom stereocenters. The van der Waals surface area contributed by atoms with E-state index in [0.717, 1.165) is 32.6 Å². The van der Waals surface area contributed by atoms with Gasteiger partial charge in [-0.3, -0.25) is 4.79 Å². The van der Waals surface area contributed by atoms with Gasteiger partial charge in [0.1, 0.15) is 0 Å². The van der Waals surface area contributed by atoms with E-state index in [1.54, 1.807) is 0 Å². The second kappa shape index (κ2) is 5.58. The van der Waals surface area contributed by atoms with E-state index >= 15 is 0 Å². The van der Waals surface area contributed by atoms with Gasteiger partial charge in [0.25, 0.3) is 0 Å². The molecule has 0 bridgehead atoms. The summed E-state index contributed by atoms with van der Waals surface area (Å²) in [4.78, 5) is 16.2. The smallest absolute Gasteiger partial charge is 0.222 e. The van der Waals surface area contributed by atoms with E-state index in [4.69, 9.17) is 6.42 Å². The van der Waals surface area contributed by atoms with Crippen LogP contribution in [0, 0.1) is 18.4 Å². The molecule has 20 heavy (non-hydrogen) atoms. The summed E-state index contributed by atoms with van der Waals surface area (Å²) in [5.74, 6) is 1.25. The van der Waals surface area contributed by atoms with Crippen molar-refractivity contribution in [3.8, 4) is 12.5 Å². The molecule has 3 heteroatoms. The van der Waals surface area contributed by atoms with Crippen LogP contribution >= 0.6 is 0 Å². The maximum absolute atomic E-state index is 12.2. The summed E-state index contributed by atoms with van der Waals surface area (Å²) in [6.07, 6.45) is 7.09. The SMILES string of the molecule is C#CN1CC[C@@H](CC(=O)N2CC(c3ccccc3)C2)C1. The molecule has 1 aromatic rings. The fourth-order valence-corrected chi connectivity index (χ4v) is 3.11. The zero-order valence-corrected chi connectivity index (χ0v) is 11.7. The first-order chi connectivity index (χ1) is 9.76. The molecule has 1 amide bonds. The van der Waals surface area contributed by atoms with Gasteiger partial charge in [0.2, 0.25) is 5.91 Å². The Bertz CT molecular complexity index is 514. The van der Waals surface area contributed by atoms with Crippen molar-refractivity contribution < 1.29 is 4.79 Å². The zero-order chi connectivity index (χ0) is 13.9. The van der Waals surface area contributed by atoms with Gasteiger partial charge in [-0.1, -0.05) is 36.8 Å². The highest BCUT2D eigenvalue weighted by Crippen LogP contribution is 2.29. The molecule has 104 valence electrons. The van der Waals surface area contributed by atoms with Gasteiger partial charge in [0.15, 0.2) is 0 Å². The van der Waals surface area contributed by atoms with Gasteiger partial charge in [-0.05, 0) is 17.9 Å². The Morgan fingerprint density at radius 2 is 2.00 bits per heavy atom.